The normalized spacial score (nSPS) is 18.4. The van der Waals surface area contributed by atoms with Crippen molar-refractivity contribution >= 4 is 21.9 Å². The van der Waals surface area contributed by atoms with Gasteiger partial charge in [0, 0.05) is 51.9 Å². The number of esters is 1. The van der Waals surface area contributed by atoms with Crippen molar-refractivity contribution in [2.45, 2.75) is 46.3 Å². The van der Waals surface area contributed by atoms with E-state index in [-0.39, 0.29) is 29.8 Å². The molecule has 0 saturated carbocycles. The van der Waals surface area contributed by atoms with Crippen molar-refractivity contribution in [1.29, 1.82) is 0 Å². The Balaban J connectivity index is 1.76. The highest BCUT2D eigenvalue weighted by molar-refractivity contribution is 9.10. The minimum absolute atomic E-state index is 0.0976. The van der Waals surface area contributed by atoms with Gasteiger partial charge in [0.05, 0.1) is 30.7 Å². The van der Waals surface area contributed by atoms with Gasteiger partial charge < -0.3 is 23.7 Å². The third-order valence-corrected chi connectivity index (χ3v) is 7.50. The molecular weight excluding hydrogens is 550 g/mol. The molecule has 0 unspecified atom stereocenters. The van der Waals surface area contributed by atoms with Crippen LogP contribution in [0.15, 0.2) is 46.9 Å². The molecule has 0 N–H and O–H groups in total. The van der Waals surface area contributed by atoms with Gasteiger partial charge in [-0.2, -0.15) is 0 Å². The molecule has 8 heteroatoms. The van der Waals surface area contributed by atoms with Crippen LogP contribution in [0.5, 0.6) is 17.2 Å². The molecular formula is C30H42BrNO6. The maximum absolute atomic E-state index is 12.9. The van der Waals surface area contributed by atoms with Crippen molar-refractivity contribution in [1.82, 2.24) is 4.90 Å². The predicted molar refractivity (Wildman–Crippen MR) is 152 cm³/mol. The fraction of sp³-hybridized carbons (Fsp3) is 0.567. The second-order valence-corrected chi connectivity index (χ2v) is 10.9. The molecule has 1 heterocycles. The minimum Gasteiger partial charge on any atom is -0.493 e. The SMILES string of the molecule is CCOC(=O)[C@@H]1CN(Cc2ccccc2)C[C@H]1C[C@H](Oc1cc(OCCCOC)c(OC)cc1Br)C(C)C. The van der Waals surface area contributed by atoms with Gasteiger partial charge in [0.15, 0.2) is 11.5 Å². The summed E-state index contributed by atoms with van der Waals surface area (Å²) in [6.45, 7) is 10.0. The van der Waals surface area contributed by atoms with E-state index in [1.807, 2.05) is 25.1 Å². The van der Waals surface area contributed by atoms with Crippen molar-refractivity contribution in [3.05, 3.63) is 52.5 Å². The van der Waals surface area contributed by atoms with Crippen LogP contribution >= 0.6 is 15.9 Å². The molecule has 3 rings (SSSR count). The van der Waals surface area contributed by atoms with Crippen LogP contribution in [0, 0.1) is 17.8 Å². The quantitative estimate of drug-likeness (QED) is 0.186. The van der Waals surface area contributed by atoms with E-state index < -0.39 is 0 Å². The largest absolute Gasteiger partial charge is 0.493 e. The lowest BCUT2D eigenvalue weighted by molar-refractivity contribution is -0.149. The summed E-state index contributed by atoms with van der Waals surface area (Å²) in [6, 6.07) is 14.1. The van der Waals surface area contributed by atoms with E-state index in [4.69, 9.17) is 23.7 Å². The number of nitrogens with zero attached hydrogens (tertiary/aromatic N) is 1. The zero-order valence-corrected chi connectivity index (χ0v) is 24.9. The topological polar surface area (TPSA) is 66.5 Å². The van der Waals surface area contributed by atoms with E-state index in [1.54, 1.807) is 14.2 Å². The van der Waals surface area contributed by atoms with Gasteiger partial charge in [-0.05, 0) is 46.7 Å². The molecule has 0 aliphatic carbocycles. The number of benzene rings is 2. The highest BCUT2D eigenvalue weighted by Gasteiger charge is 2.40. The standard InChI is InChI=1S/C30H42BrNO6/c1-6-36-30(33)24-20-32(18-22-11-8-7-9-12-22)19-23(24)15-26(21(2)3)38-27-17-29(37-14-10-13-34-4)28(35-5)16-25(27)31/h7-9,11-12,16-17,21,23-24,26H,6,10,13-15,18-20H2,1-5H3/t23-,24-,26+/m1/s1. The van der Waals surface area contributed by atoms with E-state index in [0.29, 0.717) is 43.6 Å². The second-order valence-electron chi connectivity index (χ2n) is 10.1. The number of ether oxygens (including phenoxy) is 5. The molecule has 0 aromatic heterocycles. The molecule has 38 heavy (non-hydrogen) atoms. The van der Waals surface area contributed by atoms with Crippen LogP contribution in [-0.4, -0.2) is 64.1 Å². The number of hydrogen-bond donors (Lipinski definition) is 0. The van der Waals surface area contributed by atoms with E-state index in [0.717, 1.165) is 30.4 Å². The Morgan fingerprint density at radius 2 is 1.82 bits per heavy atom. The van der Waals surface area contributed by atoms with Crippen LogP contribution in [0.2, 0.25) is 0 Å². The molecule has 7 nitrogen and oxygen atoms in total. The molecule has 0 radical (unpaired) electrons. The summed E-state index contributed by atoms with van der Waals surface area (Å²) < 4.78 is 29.5. The molecule has 0 bridgehead atoms. The van der Waals surface area contributed by atoms with Crippen molar-refractivity contribution in [3.63, 3.8) is 0 Å². The van der Waals surface area contributed by atoms with Gasteiger partial charge in [-0.1, -0.05) is 44.2 Å². The number of rotatable bonds is 15. The van der Waals surface area contributed by atoms with Crippen LogP contribution in [-0.2, 0) is 20.8 Å². The smallest absolute Gasteiger partial charge is 0.310 e. The minimum atomic E-state index is -0.178. The average Bonchev–Trinajstić information content (AvgIpc) is 3.30. The molecule has 1 aliphatic heterocycles. The van der Waals surface area contributed by atoms with Crippen molar-refractivity contribution < 1.29 is 28.5 Å². The Bertz CT molecular complexity index is 1000. The summed E-state index contributed by atoms with van der Waals surface area (Å²) in [5.74, 6) is 2.03. The highest BCUT2D eigenvalue weighted by Crippen LogP contribution is 2.40. The molecule has 210 valence electrons. The first-order valence-electron chi connectivity index (χ1n) is 13.4. The van der Waals surface area contributed by atoms with Gasteiger partial charge in [-0.3, -0.25) is 9.69 Å². The first kappa shape index (κ1) is 30.3. The Morgan fingerprint density at radius 3 is 2.47 bits per heavy atom. The highest BCUT2D eigenvalue weighted by atomic mass is 79.9. The summed E-state index contributed by atoms with van der Waals surface area (Å²) in [5.41, 5.74) is 1.24. The molecule has 1 saturated heterocycles. The van der Waals surface area contributed by atoms with E-state index in [9.17, 15) is 4.79 Å². The summed E-state index contributed by atoms with van der Waals surface area (Å²) in [7, 11) is 3.30. The Morgan fingerprint density at radius 1 is 1.05 bits per heavy atom. The van der Waals surface area contributed by atoms with Gasteiger partial charge in [0.2, 0.25) is 0 Å². The molecule has 1 fully saturated rings. The van der Waals surface area contributed by atoms with Crippen LogP contribution < -0.4 is 14.2 Å². The Hall–Kier alpha value is -2.29. The number of methoxy groups -OCH3 is 2. The van der Waals surface area contributed by atoms with Crippen molar-refractivity contribution in [2.24, 2.45) is 17.8 Å². The number of hydrogen-bond acceptors (Lipinski definition) is 7. The zero-order valence-electron chi connectivity index (χ0n) is 23.3. The summed E-state index contributed by atoms with van der Waals surface area (Å²) in [5, 5.41) is 0. The van der Waals surface area contributed by atoms with E-state index in [2.05, 4.69) is 58.9 Å². The lowest BCUT2D eigenvalue weighted by Crippen LogP contribution is -2.32. The van der Waals surface area contributed by atoms with Crippen LogP contribution in [0.1, 0.15) is 39.2 Å². The maximum atomic E-state index is 12.9. The first-order valence-corrected chi connectivity index (χ1v) is 14.2. The number of carbonyl (C=O) groups excluding carboxylic acids is 1. The lowest BCUT2D eigenvalue weighted by Gasteiger charge is -2.28. The molecule has 0 spiro atoms. The third kappa shape index (κ3) is 8.61. The second kappa shape index (κ2) is 15.3. The van der Waals surface area contributed by atoms with Crippen LogP contribution in [0.3, 0.4) is 0 Å². The fourth-order valence-electron chi connectivity index (χ4n) is 4.87. The molecule has 0 amide bonds. The third-order valence-electron chi connectivity index (χ3n) is 6.88. The van der Waals surface area contributed by atoms with E-state index >= 15 is 0 Å². The number of carbonyl (C=O) groups is 1. The van der Waals surface area contributed by atoms with Gasteiger partial charge >= 0.3 is 5.97 Å². The van der Waals surface area contributed by atoms with Crippen LogP contribution in [0.4, 0.5) is 0 Å². The fourth-order valence-corrected chi connectivity index (χ4v) is 5.28. The monoisotopic (exact) mass is 591 g/mol. The summed E-state index contributed by atoms with van der Waals surface area (Å²) in [6.07, 6.45) is 1.42. The van der Waals surface area contributed by atoms with Gasteiger partial charge in [0.1, 0.15) is 11.9 Å². The number of halogens is 1. The Kier molecular flexibility index (Phi) is 12.2. The van der Waals surface area contributed by atoms with Gasteiger partial charge in [-0.15, -0.1) is 0 Å². The molecule has 1 aliphatic rings. The summed E-state index contributed by atoms with van der Waals surface area (Å²) >= 11 is 3.64. The van der Waals surface area contributed by atoms with Crippen molar-refractivity contribution in [2.75, 3.05) is 47.1 Å². The molecule has 2 aromatic rings. The average molecular weight is 593 g/mol. The maximum Gasteiger partial charge on any atom is 0.310 e. The molecule has 2 aromatic carbocycles. The molecule has 3 atom stereocenters. The zero-order chi connectivity index (χ0) is 27.5. The lowest BCUT2D eigenvalue weighted by atomic mass is 9.87. The predicted octanol–water partition coefficient (Wildman–Crippen LogP) is 5.98. The summed E-state index contributed by atoms with van der Waals surface area (Å²) in [4.78, 5) is 15.3. The first-order chi connectivity index (χ1) is 18.4. The Labute approximate surface area is 235 Å². The van der Waals surface area contributed by atoms with Crippen LogP contribution in [0.25, 0.3) is 0 Å². The van der Waals surface area contributed by atoms with Crippen molar-refractivity contribution in [3.8, 4) is 17.2 Å². The number of likely N-dealkylation sites (tertiary alicyclic amines) is 1. The van der Waals surface area contributed by atoms with E-state index in [1.165, 1.54) is 5.56 Å². The van der Waals surface area contributed by atoms with Gasteiger partial charge in [0.25, 0.3) is 0 Å². The van der Waals surface area contributed by atoms with Gasteiger partial charge in [-0.25, -0.2) is 0 Å².